The second-order valence-corrected chi connectivity index (χ2v) is 3.96. The van der Waals surface area contributed by atoms with Crippen LogP contribution in [0.1, 0.15) is 18.2 Å². The first-order chi connectivity index (χ1) is 9.47. The van der Waals surface area contributed by atoms with Gasteiger partial charge in [0.1, 0.15) is 5.82 Å². The van der Waals surface area contributed by atoms with E-state index in [1.807, 2.05) is 0 Å². The van der Waals surface area contributed by atoms with E-state index in [0.29, 0.717) is 17.0 Å². The highest BCUT2D eigenvalue weighted by molar-refractivity contribution is 5.95. The second kappa shape index (κ2) is 7.28. The summed E-state index contributed by atoms with van der Waals surface area (Å²) >= 11 is 0. The quantitative estimate of drug-likeness (QED) is 0.664. The van der Waals surface area contributed by atoms with Gasteiger partial charge >= 0.3 is 0 Å². The van der Waals surface area contributed by atoms with Crippen LogP contribution in [0.25, 0.3) is 0 Å². The van der Waals surface area contributed by atoms with Gasteiger partial charge in [-0.1, -0.05) is 6.58 Å². The molecule has 0 bridgehead atoms. The van der Waals surface area contributed by atoms with E-state index in [1.165, 1.54) is 25.3 Å². The lowest BCUT2D eigenvalue weighted by Gasteiger charge is -2.06. The molecule has 2 N–H and O–H groups in total. The molecule has 1 aromatic rings. The second-order valence-electron chi connectivity index (χ2n) is 3.96. The molecule has 0 saturated carbocycles. The average Bonchev–Trinajstić information content (AvgIpc) is 2.40. The van der Waals surface area contributed by atoms with Crippen LogP contribution in [0.15, 0.2) is 46.4 Å². The van der Waals surface area contributed by atoms with Crippen LogP contribution >= 0.6 is 0 Å². The fourth-order valence-electron chi connectivity index (χ4n) is 1.50. The predicted molar refractivity (Wildman–Crippen MR) is 77.0 cm³/mol. The zero-order chi connectivity index (χ0) is 15.1. The standard InChI is InChI=1S/C14H16F2N4/c1-4-12(16)14(17)20-9(2)5-10-6-11(15)7-19-13(10)8-18-3/h4,6-8H,2,5H2,1,3H3,(H2,17,20)/b12-4+,18-8-. The van der Waals surface area contributed by atoms with Gasteiger partial charge in [0.25, 0.3) is 0 Å². The number of aliphatic imine (C=N–C) groups is 2. The van der Waals surface area contributed by atoms with Gasteiger partial charge in [0.05, 0.1) is 11.9 Å². The predicted octanol–water partition coefficient (Wildman–Crippen LogP) is 2.56. The minimum Gasteiger partial charge on any atom is -0.381 e. The molecular formula is C14H16F2N4. The Bertz CT molecular complexity index is 589. The molecule has 0 aliphatic heterocycles. The summed E-state index contributed by atoms with van der Waals surface area (Å²) in [4.78, 5) is 11.6. The first kappa shape index (κ1) is 15.7. The summed E-state index contributed by atoms with van der Waals surface area (Å²) in [5.74, 6) is -1.36. The molecule has 106 valence electrons. The van der Waals surface area contributed by atoms with E-state index in [4.69, 9.17) is 5.73 Å². The number of rotatable bonds is 5. The van der Waals surface area contributed by atoms with Crippen molar-refractivity contribution in [3.8, 4) is 0 Å². The number of halogens is 2. The normalized spacial score (nSPS) is 13.0. The van der Waals surface area contributed by atoms with Crippen molar-refractivity contribution >= 4 is 12.1 Å². The Hall–Kier alpha value is -2.37. The molecule has 0 aliphatic rings. The van der Waals surface area contributed by atoms with E-state index < -0.39 is 11.6 Å². The summed E-state index contributed by atoms with van der Waals surface area (Å²) in [6, 6.07) is 1.31. The van der Waals surface area contributed by atoms with E-state index in [1.54, 1.807) is 7.05 Å². The summed E-state index contributed by atoms with van der Waals surface area (Å²) < 4.78 is 26.4. The lowest BCUT2D eigenvalue weighted by atomic mass is 10.1. The highest BCUT2D eigenvalue weighted by Crippen LogP contribution is 2.13. The first-order valence-electron chi connectivity index (χ1n) is 5.88. The molecular weight excluding hydrogens is 262 g/mol. The molecule has 0 aliphatic carbocycles. The molecule has 20 heavy (non-hydrogen) atoms. The largest absolute Gasteiger partial charge is 0.381 e. The van der Waals surface area contributed by atoms with Gasteiger partial charge in [-0.15, -0.1) is 0 Å². The van der Waals surface area contributed by atoms with Crippen LogP contribution < -0.4 is 5.73 Å². The number of hydrogen-bond acceptors (Lipinski definition) is 3. The summed E-state index contributed by atoms with van der Waals surface area (Å²) in [6.07, 6.45) is 4.00. The van der Waals surface area contributed by atoms with E-state index >= 15 is 0 Å². The van der Waals surface area contributed by atoms with Crippen LogP contribution in [0.2, 0.25) is 0 Å². The maximum absolute atomic E-state index is 13.2. The van der Waals surface area contributed by atoms with Crippen molar-refractivity contribution in [3.63, 3.8) is 0 Å². The van der Waals surface area contributed by atoms with E-state index in [9.17, 15) is 8.78 Å². The van der Waals surface area contributed by atoms with Gasteiger partial charge in [-0.3, -0.25) is 9.98 Å². The van der Waals surface area contributed by atoms with Crippen LogP contribution in [0, 0.1) is 5.82 Å². The minimum absolute atomic E-state index is 0.198. The number of pyridine rings is 1. The fraction of sp³-hybridized carbons (Fsp3) is 0.214. The Kier molecular flexibility index (Phi) is 5.71. The smallest absolute Gasteiger partial charge is 0.160 e. The third kappa shape index (κ3) is 4.38. The van der Waals surface area contributed by atoms with Crippen molar-refractivity contribution in [3.05, 3.63) is 53.5 Å². The Labute approximate surface area is 116 Å². The molecule has 0 amide bonds. The van der Waals surface area contributed by atoms with Crippen molar-refractivity contribution in [1.82, 2.24) is 4.98 Å². The highest BCUT2D eigenvalue weighted by Gasteiger charge is 2.07. The Morgan fingerprint density at radius 2 is 2.25 bits per heavy atom. The van der Waals surface area contributed by atoms with Crippen LogP contribution in [0.3, 0.4) is 0 Å². The number of nitrogens with two attached hydrogens (primary N) is 1. The van der Waals surface area contributed by atoms with Crippen molar-refractivity contribution in [2.24, 2.45) is 15.7 Å². The molecule has 0 radical (unpaired) electrons. The zero-order valence-corrected chi connectivity index (χ0v) is 11.4. The Morgan fingerprint density at radius 1 is 1.55 bits per heavy atom. The summed E-state index contributed by atoms with van der Waals surface area (Å²) in [5, 5.41) is 0. The first-order valence-corrected chi connectivity index (χ1v) is 5.88. The number of nitrogens with zero attached hydrogens (tertiary/aromatic N) is 3. The van der Waals surface area contributed by atoms with Gasteiger partial charge in [-0.25, -0.2) is 13.8 Å². The van der Waals surface area contributed by atoms with Crippen LogP contribution in [0.4, 0.5) is 8.78 Å². The van der Waals surface area contributed by atoms with Crippen LogP contribution in [-0.2, 0) is 6.42 Å². The molecule has 0 unspecified atom stereocenters. The molecule has 0 saturated heterocycles. The van der Waals surface area contributed by atoms with Gasteiger partial charge in [0.15, 0.2) is 11.7 Å². The van der Waals surface area contributed by atoms with Gasteiger partial charge in [-0.05, 0) is 24.6 Å². The Balaban J connectivity index is 2.99. The SMILES string of the molecule is C=C(Cc1cc(F)cnc1/C=N\C)/N=C(N)\C(F)=C/C. The third-order valence-electron chi connectivity index (χ3n) is 2.39. The van der Waals surface area contributed by atoms with Crippen molar-refractivity contribution in [1.29, 1.82) is 0 Å². The molecule has 6 heteroatoms. The lowest BCUT2D eigenvalue weighted by molar-refractivity contribution is 0.618. The third-order valence-corrected chi connectivity index (χ3v) is 2.39. The summed E-state index contributed by atoms with van der Waals surface area (Å²) in [7, 11) is 1.58. The average molecular weight is 278 g/mol. The number of amidine groups is 1. The summed E-state index contributed by atoms with van der Waals surface area (Å²) in [5.41, 5.74) is 6.81. The molecule has 0 atom stereocenters. The molecule has 1 aromatic heterocycles. The molecule has 1 heterocycles. The zero-order valence-electron chi connectivity index (χ0n) is 11.4. The van der Waals surface area contributed by atoms with Crippen molar-refractivity contribution in [2.45, 2.75) is 13.3 Å². The van der Waals surface area contributed by atoms with Crippen molar-refractivity contribution < 1.29 is 8.78 Å². The molecule has 0 aromatic carbocycles. The van der Waals surface area contributed by atoms with Crippen molar-refractivity contribution in [2.75, 3.05) is 7.05 Å². The highest BCUT2D eigenvalue weighted by atomic mass is 19.1. The lowest BCUT2D eigenvalue weighted by Crippen LogP contribution is -2.13. The number of allylic oxidation sites excluding steroid dienone is 2. The monoisotopic (exact) mass is 278 g/mol. The molecule has 1 rings (SSSR count). The van der Waals surface area contributed by atoms with Crippen LogP contribution in [0.5, 0.6) is 0 Å². The maximum atomic E-state index is 13.2. The molecule has 0 spiro atoms. The van der Waals surface area contributed by atoms with Gasteiger partial charge in [0.2, 0.25) is 0 Å². The van der Waals surface area contributed by atoms with Gasteiger partial charge in [-0.2, -0.15) is 0 Å². The Morgan fingerprint density at radius 3 is 2.85 bits per heavy atom. The molecule has 4 nitrogen and oxygen atoms in total. The van der Waals surface area contributed by atoms with E-state index in [2.05, 4.69) is 21.5 Å². The van der Waals surface area contributed by atoms with Gasteiger partial charge < -0.3 is 5.73 Å². The number of aromatic nitrogens is 1. The van der Waals surface area contributed by atoms with Crippen LogP contribution in [-0.4, -0.2) is 24.1 Å². The molecule has 0 fully saturated rings. The topological polar surface area (TPSA) is 63.6 Å². The maximum Gasteiger partial charge on any atom is 0.160 e. The van der Waals surface area contributed by atoms with Gasteiger partial charge in [0, 0.05) is 25.4 Å². The minimum atomic E-state index is -0.626. The van der Waals surface area contributed by atoms with E-state index in [0.717, 1.165) is 6.20 Å². The fourth-order valence-corrected chi connectivity index (χ4v) is 1.50. The summed E-state index contributed by atoms with van der Waals surface area (Å²) in [6.45, 7) is 5.19. The van der Waals surface area contributed by atoms with E-state index in [-0.39, 0.29) is 12.3 Å². The number of hydrogen-bond donors (Lipinski definition) is 1.